The van der Waals surface area contributed by atoms with E-state index in [1.165, 1.54) is 0 Å². The maximum absolute atomic E-state index is 12.6. The number of hydrogen-bond acceptors (Lipinski definition) is 3. The third-order valence-electron chi connectivity index (χ3n) is 3.08. The van der Waals surface area contributed by atoms with Crippen molar-refractivity contribution < 1.29 is 4.79 Å². The fourth-order valence-electron chi connectivity index (χ4n) is 2.16. The van der Waals surface area contributed by atoms with Crippen molar-refractivity contribution in [2.24, 2.45) is 0 Å². The Morgan fingerprint density at radius 1 is 1.28 bits per heavy atom. The number of Topliss-reactive ketones (excluding diaryl/α,β-unsaturated/α-hetero) is 1. The highest BCUT2D eigenvalue weighted by molar-refractivity contribution is 6.11. The van der Waals surface area contributed by atoms with Gasteiger partial charge in [-0.3, -0.25) is 9.78 Å². The summed E-state index contributed by atoms with van der Waals surface area (Å²) in [5, 5.41) is 4.13. The first-order valence-electron chi connectivity index (χ1n) is 6.20. The van der Waals surface area contributed by atoms with Crippen LogP contribution >= 0.6 is 0 Å². The zero-order chi connectivity index (χ0) is 13.2. The molecule has 0 saturated carbocycles. The fourth-order valence-corrected chi connectivity index (χ4v) is 2.16. The molecule has 0 fully saturated rings. The monoisotopic (exact) mass is 242 g/mol. The topological polar surface area (TPSA) is 42.0 Å². The van der Waals surface area contributed by atoms with E-state index in [1.54, 1.807) is 6.20 Å². The van der Waals surface area contributed by atoms with Gasteiger partial charge in [-0.15, -0.1) is 0 Å². The molecule has 18 heavy (non-hydrogen) atoms. The van der Waals surface area contributed by atoms with E-state index in [4.69, 9.17) is 0 Å². The highest BCUT2D eigenvalue weighted by Crippen LogP contribution is 2.21. The number of carbonyl (C=O) groups excluding carboxylic acids is 1. The number of hydrogen-bond donors (Lipinski definition) is 1. The SMILES string of the molecule is CCNC(C)(C)C(=O)c1cccc2ncccc12. The number of fused-ring (bicyclic) bond motifs is 1. The van der Waals surface area contributed by atoms with Crippen molar-refractivity contribution in [3.05, 3.63) is 42.1 Å². The molecule has 1 aromatic carbocycles. The lowest BCUT2D eigenvalue weighted by Crippen LogP contribution is -2.46. The third-order valence-corrected chi connectivity index (χ3v) is 3.08. The molecule has 0 radical (unpaired) electrons. The number of aromatic nitrogens is 1. The quantitative estimate of drug-likeness (QED) is 0.838. The van der Waals surface area contributed by atoms with Crippen molar-refractivity contribution in [1.29, 1.82) is 0 Å². The van der Waals surface area contributed by atoms with E-state index in [2.05, 4.69) is 10.3 Å². The van der Waals surface area contributed by atoms with Crippen LogP contribution in [0.3, 0.4) is 0 Å². The minimum Gasteiger partial charge on any atom is -0.305 e. The summed E-state index contributed by atoms with van der Waals surface area (Å²) in [6.45, 7) is 6.59. The van der Waals surface area contributed by atoms with Crippen molar-refractivity contribution in [3.8, 4) is 0 Å². The first-order valence-corrected chi connectivity index (χ1v) is 6.20. The standard InChI is InChI=1S/C15H18N2O/c1-4-17-15(2,3)14(18)12-7-5-9-13-11(12)8-6-10-16-13/h5-10,17H,4H2,1-3H3. The van der Waals surface area contributed by atoms with Gasteiger partial charge in [-0.25, -0.2) is 0 Å². The molecule has 0 bridgehead atoms. The minimum absolute atomic E-state index is 0.1000. The van der Waals surface area contributed by atoms with E-state index in [0.717, 1.165) is 23.0 Å². The molecular weight excluding hydrogens is 224 g/mol. The van der Waals surface area contributed by atoms with Gasteiger partial charge in [0.05, 0.1) is 11.1 Å². The normalized spacial score (nSPS) is 11.7. The number of benzene rings is 1. The molecule has 1 aromatic heterocycles. The Morgan fingerprint density at radius 3 is 2.78 bits per heavy atom. The first-order chi connectivity index (χ1) is 8.56. The van der Waals surface area contributed by atoms with E-state index >= 15 is 0 Å². The Kier molecular flexibility index (Phi) is 3.43. The van der Waals surface area contributed by atoms with Crippen molar-refractivity contribution in [3.63, 3.8) is 0 Å². The summed E-state index contributed by atoms with van der Waals surface area (Å²) in [5.74, 6) is 0.1000. The van der Waals surface area contributed by atoms with Gasteiger partial charge >= 0.3 is 0 Å². The third kappa shape index (κ3) is 2.27. The van der Waals surface area contributed by atoms with Crippen LogP contribution in [0.15, 0.2) is 36.5 Å². The molecule has 1 heterocycles. The van der Waals surface area contributed by atoms with Gasteiger partial charge in [0.1, 0.15) is 0 Å². The molecule has 0 atom stereocenters. The molecule has 3 nitrogen and oxygen atoms in total. The molecule has 0 spiro atoms. The van der Waals surface area contributed by atoms with Gasteiger partial charge < -0.3 is 5.32 Å². The van der Waals surface area contributed by atoms with Crippen LogP contribution in [-0.4, -0.2) is 22.9 Å². The van der Waals surface area contributed by atoms with Gasteiger partial charge in [0.2, 0.25) is 0 Å². The van der Waals surface area contributed by atoms with Crippen LogP contribution in [-0.2, 0) is 0 Å². The minimum atomic E-state index is -0.557. The molecule has 0 aliphatic heterocycles. The Balaban J connectivity index is 2.51. The highest BCUT2D eigenvalue weighted by atomic mass is 16.1. The smallest absolute Gasteiger partial charge is 0.182 e. The second-order valence-corrected chi connectivity index (χ2v) is 4.86. The van der Waals surface area contributed by atoms with E-state index < -0.39 is 5.54 Å². The van der Waals surface area contributed by atoms with Crippen LogP contribution in [0.25, 0.3) is 10.9 Å². The van der Waals surface area contributed by atoms with Gasteiger partial charge in [0.15, 0.2) is 5.78 Å². The molecule has 2 rings (SSSR count). The Morgan fingerprint density at radius 2 is 2.06 bits per heavy atom. The van der Waals surface area contributed by atoms with Crippen molar-refractivity contribution >= 4 is 16.7 Å². The van der Waals surface area contributed by atoms with Crippen LogP contribution in [0.5, 0.6) is 0 Å². The summed E-state index contributed by atoms with van der Waals surface area (Å²) in [6.07, 6.45) is 1.74. The zero-order valence-corrected chi connectivity index (χ0v) is 11.0. The van der Waals surface area contributed by atoms with Crippen molar-refractivity contribution in [1.82, 2.24) is 10.3 Å². The summed E-state index contributed by atoms with van der Waals surface area (Å²) in [7, 11) is 0. The van der Waals surface area contributed by atoms with Crippen LogP contribution < -0.4 is 5.32 Å². The molecule has 3 heteroatoms. The number of likely N-dealkylation sites (N-methyl/N-ethyl adjacent to an activating group) is 1. The van der Waals surface area contributed by atoms with Crippen LogP contribution in [0.2, 0.25) is 0 Å². The zero-order valence-electron chi connectivity index (χ0n) is 11.0. The molecule has 0 aliphatic carbocycles. The van der Waals surface area contributed by atoms with Gasteiger partial charge in [-0.1, -0.05) is 25.1 Å². The van der Waals surface area contributed by atoms with Gasteiger partial charge in [-0.2, -0.15) is 0 Å². The summed E-state index contributed by atoms with van der Waals surface area (Å²) in [5.41, 5.74) is 1.03. The number of nitrogens with one attached hydrogen (secondary N) is 1. The summed E-state index contributed by atoms with van der Waals surface area (Å²) in [6, 6.07) is 9.47. The van der Waals surface area contributed by atoms with Gasteiger partial charge in [0.25, 0.3) is 0 Å². The van der Waals surface area contributed by atoms with Gasteiger partial charge in [-0.05, 0) is 32.5 Å². The molecular formula is C15H18N2O. The van der Waals surface area contributed by atoms with E-state index in [1.807, 2.05) is 51.1 Å². The predicted octanol–water partition coefficient (Wildman–Crippen LogP) is 2.81. The second kappa shape index (κ2) is 4.86. The van der Waals surface area contributed by atoms with E-state index in [9.17, 15) is 4.79 Å². The maximum Gasteiger partial charge on any atom is 0.182 e. The molecule has 2 aromatic rings. The number of pyridine rings is 1. The predicted molar refractivity (Wildman–Crippen MR) is 73.8 cm³/mol. The number of ketones is 1. The number of rotatable bonds is 4. The molecule has 0 unspecified atom stereocenters. The first kappa shape index (κ1) is 12.7. The van der Waals surface area contributed by atoms with Crippen LogP contribution in [0, 0.1) is 0 Å². The lowest BCUT2D eigenvalue weighted by Gasteiger charge is -2.24. The average Bonchev–Trinajstić information content (AvgIpc) is 2.37. The lowest BCUT2D eigenvalue weighted by atomic mass is 9.91. The highest BCUT2D eigenvalue weighted by Gasteiger charge is 2.28. The number of carbonyl (C=O) groups is 1. The Hall–Kier alpha value is -1.74. The van der Waals surface area contributed by atoms with Crippen LogP contribution in [0.1, 0.15) is 31.1 Å². The van der Waals surface area contributed by atoms with Crippen molar-refractivity contribution in [2.75, 3.05) is 6.54 Å². The van der Waals surface area contributed by atoms with E-state index in [0.29, 0.717) is 0 Å². The Bertz CT molecular complexity index is 570. The average molecular weight is 242 g/mol. The molecule has 0 aliphatic rings. The van der Waals surface area contributed by atoms with Crippen molar-refractivity contribution in [2.45, 2.75) is 26.3 Å². The van der Waals surface area contributed by atoms with E-state index in [-0.39, 0.29) is 5.78 Å². The van der Waals surface area contributed by atoms with Gasteiger partial charge in [0, 0.05) is 17.1 Å². The summed E-state index contributed by atoms with van der Waals surface area (Å²) in [4.78, 5) is 16.9. The molecule has 94 valence electrons. The lowest BCUT2D eigenvalue weighted by molar-refractivity contribution is 0.0886. The fraction of sp³-hybridized carbons (Fsp3) is 0.333. The van der Waals surface area contributed by atoms with Crippen LogP contribution in [0.4, 0.5) is 0 Å². The number of nitrogens with zero attached hydrogens (tertiary/aromatic N) is 1. The molecule has 0 amide bonds. The Labute approximate surface area is 107 Å². The second-order valence-electron chi connectivity index (χ2n) is 4.86. The maximum atomic E-state index is 12.6. The molecule has 1 N–H and O–H groups in total. The largest absolute Gasteiger partial charge is 0.305 e. The summed E-state index contributed by atoms with van der Waals surface area (Å²) < 4.78 is 0. The summed E-state index contributed by atoms with van der Waals surface area (Å²) >= 11 is 0. The molecule has 0 saturated heterocycles.